The maximum Gasteiger partial charge on any atom is 0.415 e. The Bertz CT molecular complexity index is 1420. The van der Waals surface area contributed by atoms with Gasteiger partial charge in [-0.25, -0.2) is 9.79 Å². The van der Waals surface area contributed by atoms with Crippen LogP contribution in [0, 0.1) is 0 Å². The van der Waals surface area contributed by atoms with Crippen LogP contribution in [0.5, 0.6) is 0 Å². The van der Waals surface area contributed by atoms with Crippen molar-refractivity contribution in [1.82, 2.24) is 9.55 Å². The molecule has 2 aliphatic rings. The van der Waals surface area contributed by atoms with Crippen LogP contribution in [-0.4, -0.2) is 40.3 Å². The first-order valence-electron chi connectivity index (χ1n) is 10.7. The number of H-pyrrole nitrogens is 1. The first kappa shape index (κ1) is 21.5. The van der Waals surface area contributed by atoms with Crippen molar-refractivity contribution in [2.45, 2.75) is 23.8 Å². The number of ether oxygens (including phenoxy) is 1. The minimum Gasteiger partial charge on any atom is -0.507 e. The van der Waals surface area contributed by atoms with Crippen molar-refractivity contribution in [3.05, 3.63) is 97.2 Å². The zero-order valence-electron chi connectivity index (χ0n) is 18.3. The van der Waals surface area contributed by atoms with Gasteiger partial charge in [-0.2, -0.15) is 4.57 Å². The van der Waals surface area contributed by atoms with Crippen LogP contribution in [0.25, 0.3) is 5.76 Å². The van der Waals surface area contributed by atoms with E-state index in [-0.39, 0.29) is 5.76 Å². The maximum atomic E-state index is 13.2. The summed E-state index contributed by atoms with van der Waals surface area (Å²) in [6.07, 6.45) is 2.62. The molecule has 0 saturated carbocycles. The van der Waals surface area contributed by atoms with Crippen molar-refractivity contribution in [3.8, 4) is 0 Å². The summed E-state index contributed by atoms with van der Waals surface area (Å²) in [6.45, 7) is 0.877. The predicted molar refractivity (Wildman–Crippen MR) is 129 cm³/mol. The van der Waals surface area contributed by atoms with E-state index in [0.29, 0.717) is 42.1 Å². The quantitative estimate of drug-likeness (QED) is 0.384. The van der Waals surface area contributed by atoms with E-state index in [2.05, 4.69) is 9.98 Å². The summed E-state index contributed by atoms with van der Waals surface area (Å²) in [5.74, 6) is 0.0776. The number of methoxy groups -OCH3 is 1. The molecule has 0 bridgehead atoms. The largest absolute Gasteiger partial charge is 0.507 e. The second kappa shape index (κ2) is 8.53. The summed E-state index contributed by atoms with van der Waals surface area (Å²) in [4.78, 5) is 32.9. The van der Waals surface area contributed by atoms with Gasteiger partial charge in [0.1, 0.15) is 17.0 Å². The SMILES string of the molecule is COCCCn1c2c(c(=O)[nH]c1=O)C(c1ccc(SC)cc1)C1=C(O)c3ccccc3C1=[NH+]2. The number of thioether (sulfide) groups is 1. The molecule has 2 aromatic carbocycles. The van der Waals surface area contributed by atoms with Crippen molar-refractivity contribution in [1.29, 1.82) is 0 Å². The summed E-state index contributed by atoms with van der Waals surface area (Å²) in [5, 5.41) is 11.2. The number of aromatic amines is 1. The number of aromatic nitrogens is 2. The van der Waals surface area contributed by atoms with Crippen LogP contribution in [0.4, 0.5) is 5.82 Å². The molecule has 1 unspecified atom stereocenters. The lowest BCUT2D eigenvalue weighted by molar-refractivity contribution is -0.364. The first-order valence-corrected chi connectivity index (χ1v) is 11.9. The highest BCUT2D eigenvalue weighted by Gasteiger charge is 2.44. The molecule has 5 rings (SSSR count). The van der Waals surface area contributed by atoms with E-state index < -0.39 is 17.2 Å². The lowest BCUT2D eigenvalue weighted by atomic mass is 9.81. The predicted octanol–water partition coefficient (Wildman–Crippen LogP) is 1.92. The van der Waals surface area contributed by atoms with Crippen LogP contribution in [0.1, 0.15) is 34.6 Å². The number of aliphatic hydroxyl groups excluding tert-OH is 1. The van der Waals surface area contributed by atoms with E-state index >= 15 is 0 Å². The van der Waals surface area contributed by atoms with Gasteiger partial charge >= 0.3 is 5.69 Å². The molecule has 0 fully saturated rings. The van der Waals surface area contributed by atoms with Gasteiger partial charge in [-0.1, -0.05) is 30.3 Å². The molecule has 168 valence electrons. The van der Waals surface area contributed by atoms with Crippen molar-refractivity contribution < 1.29 is 14.8 Å². The molecule has 1 aliphatic carbocycles. The fourth-order valence-corrected chi connectivity index (χ4v) is 5.10. The van der Waals surface area contributed by atoms with E-state index in [1.54, 1.807) is 23.4 Å². The number of hydrogen-bond donors (Lipinski definition) is 3. The average Bonchev–Trinajstić information content (AvgIpc) is 3.12. The van der Waals surface area contributed by atoms with Gasteiger partial charge in [-0.3, -0.25) is 9.78 Å². The number of rotatable bonds is 6. The normalized spacial score (nSPS) is 16.3. The third kappa shape index (κ3) is 3.46. The Kier molecular flexibility index (Phi) is 5.55. The Hall–Kier alpha value is -3.36. The van der Waals surface area contributed by atoms with Crippen molar-refractivity contribution >= 4 is 29.1 Å². The molecule has 33 heavy (non-hydrogen) atoms. The van der Waals surface area contributed by atoms with Crippen molar-refractivity contribution in [2.24, 2.45) is 0 Å². The zero-order chi connectivity index (χ0) is 23.1. The Morgan fingerprint density at radius 2 is 1.85 bits per heavy atom. The highest BCUT2D eigenvalue weighted by molar-refractivity contribution is 7.98. The lowest BCUT2D eigenvalue weighted by Crippen LogP contribution is -2.72. The first-order chi connectivity index (χ1) is 16.0. The topological polar surface area (TPSA) is 98.3 Å². The monoisotopic (exact) mass is 462 g/mol. The van der Waals surface area contributed by atoms with Gasteiger partial charge in [-0.15, -0.1) is 11.8 Å². The van der Waals surface area contributed by atoms with E-state index in [1.165, 1.54) is 0 Å². The number of aliphatic hydroxyl groups is 1. The second-order valence-corrected chi connectivity index (χ2v) is 8.91. The Morgan fingerprint density at radius 1 is 1.12 bits per heavy atom. The van der Waals surface area contributed by atoms with Crippen LogP contribution < -0.4 is 16.2 Å². The van der Waals surface area contributed by atoms with Gasteiger partial charge in [0.2, 0.25) is 0 Å². The van der Waals surface area contributed by atoms with E-state index in [0.717, 1.165) is 21.7 Å². The lowest BCUT2D eigenvalue weighted by Gasteiger charge is -2.24. The van der Waals surface area contributed by atoms with Crippen LogP contribution >= 0.6 is 11.8 Å². The second-order valence-electron chi connectivity index (χ2n) is 8.03. The molecule has 2 heterocycles. The minimum absolute atomic E-state index is 0.147. The molecule has 1 aromatic heterocycles. The van der Waals surface area contributed by atoms with Gasteiger partial charge in [0.15, 0.2) is 0 Å². The number of nitrogens with zero attached hydrogens (tertiary/aromatic N) is 1. The summed E-state index contributed by atoms with van der Waals surface area (Å²) < 4.78 is 6.71. The number of hydrogen-bond acceptors (Lipinski definition) is 5. The van der Waals surface area contributed by atoms with Gasteiger partial charge in [-0.05, 0) is 30.0 Å². The third-order valence-electron chi connectivity index (χ3n) is 6.21. The van der Waals surface area contributed by atoms with E-state index in [4.69, 9.17) is 4.74 Å². The van der Waals surface area contributed by atoms with Crippen LogP contribution in [0.3, 0.4) is 0 Å². The smallest absolute Gasteiger partial charge is 0.415 e. The highest BCUT2D eigenvalue weighted by Crippen LogP contribution is 2.43. The Labute approximate surface area is 194 Å². The van der Waals surface area contributed by atoms with Crippen LogP contribution in [0.2, 0.25) is 0 Å². The highest BCUT2D eigenvalue weighted by atomic mass is 32.2. The molecule has 8 heteroatoms. The zero-order valence-corrected chi connectivity index (χ0v) is 19.2. The summed E-state index contributed by atoms with van der Waals surface area (Å²) in [5.41, 5.74) is 3.28. The molecule has 7 nitrogen and oxygen atoms in total. The molecule has 1 aliphatic heterocycles. The van der Waals surface area contributed by atoms with E-state index in [1.807, 2.05) is 54.8 Å². The van der Waals surface area contributed by atoms with Crippen LogP contribution in [-0.2, 0) is 11.3 Å². The molecule has 0 saturated heterocycles. The third-order valence-corrected chi connectivity index (χ3v) is 6.95. The minimum atomic E-state index is -0.530. The number of allylic oxidation sites excluding steroid dienone is 1. The van der Waals surface area contributed by atoms with Gasteiger partial charge in [0.25, 0.3) is 11.4 Å². The summed E-state index contributed by atoms with van der Waals surface area (Å²) in [7, 11) is 1.61. The van der Waals surface area contributed by atoms with Gasteiger partial charge < -0.3 is 9.84 Å². The standard InChI is InChI=1S/C25H23N3O4S/c1-32-13-5-12-28-23-20(24(30)27-25(28)31)18(14-8-10-15(33-2)11-9-14)19-21(26-23)16-6-3-4-7-17(16)22(19)29/h3-4,6-11,18,29H,5,12-13H2,1-2H3,(H,27,30,31)/p+1. The molecular formula is C25H24N3O4S+. The number of fused-ring (bicyclic) bond motifs is 4. The molecule has 0 spiro atoms. The molecule has 0 amide bonds. The van der Waals surface area contributed by atoms with Crippen molar-refractivity contribution in [2.75, 3.05) is 20.0 Å². The molecule has 0 radical (unpaired) electrons. The fraction of sp³-hybridized carbons (Fsp3) is 0.240. The molecular weight excluding hydrogens is 438 g/mol. The average molecular weight is 463 g/mol. The van der Waals surface area contributed by atoms with Gasteiger partial charge in [0.05, 0.1) is 18.0 Å². The Morgan fingerprint density at radius 3 is 2.55 bits per heavy atom. The van der Waals surface area contributed by atoms with Crippen LogP contribution in [0.15, 0.2) is 68.6 Å². The van der Waals surface area contributed by atoms with Crippen molar-refractivity contribution in [3.63, 3.8) is 0 Å². The molecule has 1 atom stereocenters. The van der Waals surface area contributed by atoms with E-state index in [9.17, 15) is 14.7 Å². The molecule has 3 aromatic rings. The number of benzene rings is 2. The molecule has 3 N–H and O–H groups in total. The van der Waals surface area contributed by atoms with Gasteiger partial charge in [0, 0.05) is 36.2 Å². The maximum absolute atomic E-state index is 13.2. The summed E-state index contributed by atoms with van der Waals surface area (Å²) >= 11 is 1.63. The fourth-order valence-electron chi connectivity index (χ4n) is 4.69. The number of nitrogens with one attached hydrogen (secondary N) is 2. The summed E-state index contributed by atoms with van der Waals surface area (Å²) in [6, 6.07) is 15.5. The Balaban J connectivity index is 1.81.